The third kappa shape index (κ3) is 5.88. The lowest BCUT2D eigenvalue weighted by Gasteiger charge is -2.12. The number of benzene rings is 2. The van der Waals surface area contributed by atoms with Crippen LogP contribution in [0.2, 0.25) is 5.15 Å². The standard InChI is InChI=1S/C20H20ClN5O2S2/c1-13(2)14-3-5-15(6-4-14)22-20(29)23-16-7-9-17(10-8-16)30(27,28)26-19-12-11-18(21)24-25-19/h3-13H,1-2H3,(H,25,26)(H2,22,23,29). The highest BCUT2D eigenvalue weighted by Gasteiger charge is 2.15. The quantitative estimate of drug-likeness (QED) is 0.451. The van der Waals surface area contributed by atoms with Crippen molar-refractivity contribution in [2.45, 2.75) is 24.7 Å². The molecule has 3 N–H and O–H groups in total. The molecule has 0 spiro atoms. The Morgan fingerprint density at radius 3 is 1.97 bits per heavy atom. The number of aromatic nitrogens is 2. The van der Waals surface area contributed by atoms with Crippen molar-refractivity contribution in [2.24, 2.45) is 0 Å². The van der Waals surface area contributed by atoms with Crippen LogP contribution in [0.3, 0.4) is 0 Å². The van der Waals surface area contributed by atoms with E-state index < -0.39 is 10.0 Å². The van der Waals surface area contributed by atoms with Crippen LogP contribution < -0.4 is 15.4 Å². The maximum Gasteiger partial charge on any atom is 0.263 e. The number of rotatable bonds is 6. The Morgan fingerprint density at radius 2 is 1.47 bits per heavy atom. The van der Waals surface area contributed by atoms with Gasteiger partial charge in [0.1, 0.15) is 0 Å². The number of thiocarbonyl (C=S) groups is 1. The monoisotopic (exact) mass is 461 g/mol. The number of hydrogen-bond donors (Lipinski definition) is 3. The summed E-state index contributed by atoms with van der Waals surface area (Å²) in [6.45, 7) is 4.27. The van der Waals surface area contributed by atoms with Crippen LogP contribution in [0, 0.1) is 0 Å². The van der Waals surface area contributed by atoms with Crippen LogP contribution in [0.25, 0.3) is 0 Å². The molecule has 2 aromatic carbocycles. The summed E-state index contributed by atoms with van der Waals surface area (Å²) in [6.07, 6.45) is 0. The summed E-state index contributed by atoms with van der Waals surface area (Å²) in [7, 11) is -3.80. The van der Waals surface area contributed by atoms with E-state index in [9.17, 15) is 8.42 Å². The second-order valence-electron chi connectivity index (χ2n) is 6.73. The minimum absolute atomic E-state index is 0.0768. The summed E-state index contributed by atoms with van der Waals surface area (Å²) in [6, 6.07) is 17.1. The summed E-state index contributed by atoms with van der Waals surface area (Å²) in [5.74, 6) is 0.538. The third-order valence-corrected chi connectivity index (χ3v) is 5.90. The van der Waals surface area contributed by atoms with Gasteiger partial charge in [-0.05, 0) is 72.2 Å². The van der Waals surface area contributed by atoms with E-state index >= 15 is 0 Å². The molecule has 0 aliphatic heterocycles. The molecule has 156 valence electrons. The SMILES string of the molecule is CC(C)c1ccc(NC(=S)Nc2ccc(S(=O)(=O)Nc3ccc(Cl)nn3)cc2)cc1. The van der Waals surface area contributed by atoms with Crippen LogP contribution in [0.1, 0.15) is 25.3 Å². The molecule has 3 rings (SSSR count). The molecule has 0 aliphatic carbocycles. The average Bonchev–Trinajstić information content (AvgIpc) is 2.70. The Balaban J connectivity index is 1.61. The van der Waals surface area contributed by atoms with Crippen LogP contribution in [0.15, 0.2) is 65.6 Å². The van der Waals surface area contributed by atoms with Gasteiger partial charge in [0, 0.05) is 11.4 Å². The van der Waals surface area contributed by atoms with Crippen molar-refractivity contribution in [1.82, 2.24) is 10.2 Å². The Labute approximate surface area is 185 Å². The lowest BCUT2D eigenvalue weighted by molar-refractivity contribution is 0.601. The molecule has 0 atom stereocenters. The first kappa shape index (κ1) is 21.9. The molecular formula is C20H20ClN5O2S2. The molecule has 0 fully saturated rings. The van der Waals surface area contributed by atoms with Crippen molar-refractivity contribution in [2.75, 3.05) is 15.4 Å². The Kier molecular flexibility index (Phi) is 6.86. The molecule has 0 saturated heterocycles. The summed E-state index contributed by atoms with van der Waals surface area (Å²) in [5.41, 5.74) is 2.76. The van der Waals surface area contributed by atoms with Crippen LogP contribution in [-0.4, -0.2) is 23.7 Å². The van der Waals surface area contributed by atoms with Crippen molar-refractivity contribution in [3.63, 3.8) is 0 Å². The molecule has 0 saturated carbocycles. The molecule has 7 nitrogen and oxygen atoms in total. The lowest BCUT2D eigenvalue weighted by atomic mass is 10.0. The summed E-state index contributed by atoms with van der Waals surface area (Å²) in [5, 5.41) is 14.0. The molecule has 0 radical (unpaired) electrons. The Bertz CT molecular complexity index is 1120. The third-order valence-electron chi connectivity index (χ3n) is 4.13. The van der Waals surface area contributed by atoms with E-state index in [2.05, 4.69) is 39.4 Å². The summed E-state index contributed by atoms with van der Waals surface area (Å²) >= 11 is 11.0. The number of hydrogen-bond acceptors (Lipinski definition) is 5. The number of sulfonamides is 1. The molecule has 0 aliphatic rings. The number of halogens is 1. The summed E-state index contributed by atoms with van der Waals surface area (Å²) < 4.78 is 27.3. The van der Waals surface area contributed by atoms with Crippen LogP contribution >= 0.6 is 23.8 Å². The van der Waals surface area contributed by atoms with E-state index in [0.717, 1.165) is 5.69 Å². The van der Waals surface area contributed by atoms with Crippen molar-refractivity contribution in [3.8, 4) is 0 Å². The zero-order valence-electron chi connectivity index (χ0n) is 16.3. The van der Waals surface area contributed by atoms with Gasteiger partial charge >= 0.3 is 0 Å². The minimum Gasteiger partial charge on any atom is -0.332 e. The lowest BCUT2D eigenvalue weighted by Crippen LogP contribution is -2.19. The minimum atomic E-state index is -3.80. The van der Waals surface area contributed by atoms with E-state index in [1.807, 2.05) is 24.3 Å². The van der Waals surface area contributed by atoms with E-state index in [-0.39, 0.29) is 15.9 Å². The molecule has 0 unspecified atom stereocenters. The molecule has 3 aromatic rings. The first-order chi connectivity index (χ1) is 14.2. The molecule has 1 heterocycles. The molecular weight excluding hydrogens is 442 g/mol. The largest absolute Gasteiger partial charge is 0.332 e. The maximum atomic E-state index is 12.5. The second-order valence-corrected chi connectivity index (χ2v) is 9.20. The fraction of sp³-hybridized carbons (Fsp3) is 0.150. The fourth-order valence-electron chi connectivity index (χ4n) is 2.53. The summed E-state index contributed by atoms with van der Waals surface area (Å²) in [4.78, 5) is 0.0768. The van der Waals surface area contributed by atoms with E-state index in [4.69, 9.17) is 23.8 Å². The van der Waals surface area contributed by atoms with Gasteiger partial charge in [0.25, 0.3) is 10.0 Å². The molecule has 0 amide bonds. The number of nitrogens with one attached hydrogen (secondary N) is 3. The molecule has 30 heavy (non-hydrogen) atoms. The Hall–Kier alpha value is -2.75. The van der Waals surface area contributed by atoms with Gasteiger partial charge in [0.2, 0.25) is 0 Å². The van der Waals surface area contributed by atoms with Crippen molar-refractivity contribution in [3.05, 3.63) is 71.4 Å². The van der Waals surface area contributed by atoms with E-state index in [1.165, 1.54) is 29.8 Å². The Morgan fingerprint density at radius 1 is 0.900 bits per heavy atom. The topological polar surface area (TPSA) is 96.0 Å². The fourth-order valence-corrected chi connectivity index (χ4v) is 3.86. The van der Waals surface area contributed by atoms with Crippen LogP contribution in [0.4, 0.5) is 17.2 Å². The van der Waals surface area contributed by atoms with Gasteiger partial charge in [-0.1, -0.05) is 37.6 Å². The first-order valence-electron chi connectivity index (χ1n) is 9.03. The second kappa shape index (κ2) is 9.38. The highest BCUT2D eigenvalue weighted by molar-refractivity contribution is 7.92. The predicted octanol–water partition coefficient (Wildman–Crippen LogP) is 4.86. The highest BCUT2D eigenvalue weighted by atomic mass is 35.5. The van der Waals surface area contributed by atoms with Crippen LogP contribution in [0.5, 0.6) is 0 Å². The maximum absolute atomic E-state index is 12.5. The number of anilines is 3. The molecule has 10 heteroatoms. The van der Waals surface area contributed by atoms with Crippen molar-refractivity contribution < 1.29 is 8.42 Å². The first-order valence-corrected chi connectivity index (χ1v) is 11.3. The van der Waals surface area contributed by atoms with Gasteiger partial charge in [-0.2, -0.15) is 0 Å². The number of nitrogens with zero attached hydrogens (tertiary/aromatic N) is 2. The van der Waals surface area contributed by atoms with Gasteiger partial charge in [-0.3, -0.25) is 4.72 Å². The zero-order valence-corrected chi connectivity index (χ0v) is 18.6. The smallest absolute Gasteiger partial charge is 0.263 e. The zero-order chi connectivity index (χ0) is 21.7. The van der Waals surface area contributed by atoms with Gasteiger partial charge in [-0.15, -0.1) is 10.2 Å². The van der Waals surface area contributed by atoms with Gasteiger partial charge in [0.05, 0.1) is 4.90 Å². The van der Waals surface area contributed by atoms with Gasteiger partial charge in [-0.25, -0.2) is 8.42 Å². The average molecular weight is 462 g/mol. The van der Waals surface area contributed by atoms with E-state index in [1.54, 1.807) is 12.1 Å². The molecule has 1 aromatic heterocycles. The van der Waals surface area contributed by atoms with E-state index in [0.29, 0.717) is 16.7 Å². The van der Waals surface area contributed by atoms with Crippen molar-refractivity contribution in [1.29, 1.82) is 0 Å². The normalized spacial score (nSPS) is 11.2. The highest BCUT2D eigenvalue weighted by Crippen LogP contribution is 2.19. The van der Waals surface area contributed by atoms with Crippen LogP contribution in [-0.2, 0) is 10.0 Å². The molecule has 0 bridgehead atoms. The van der Waals surface area contributed by atoms with Gasteiger partial charge < -0.3 is 10.6 Å². The predicted molar refractivity (Wildman–Crippen MR) is 125 cm³/mol. The van der Waals surface area contributed by atoms with Crippen molar-refractivity contribution >= 4 is 56.1 Å². The van der Waals surface area contributed by atoms with Gasteiger partial charge in [0.15, 0.2) is 16.1 Å².